The number of thiophene rings is 1. The van der Waals surface area contributed by atoms with Crippen LogP contribution >= 0.6 is 22.9 Å². The van der Waals surface area contributed by atoms with Gasteiger partial charge in [-0.05, 0) is 23.3 Å². The number of aromatic nitrogens is 1. The fraction of sp³-hybridized carbons (Fsp3) is 0. The fourth-order valence-corrected chi connectivity index (χ4v) is 4.24. The number of nitrogens with one attached hydrogen (secondary N) is 1. The smallest absolute Gasteiger partial charge is 0.260 e. The highest BCUT2D eigenvalue weighted by molar-refractivity contribution is 7.23. The van der Waals surface area contributed by atoms with Crippen molar-refractivity contribution >= 4 is 33.2 Å². The van der Waals surface area contributed by atoms with E-state index in [4.69, 9.17) is 11.6 Å². The van der Waals surface area contributed by atoms with Gasteiger partial charge < -0.3 is 10.1 Å². The summed E-state index contributed by atoms with van der Waals surface area (Å²) in [6, 6.07) is 14.8. The Hall–Kier alpha value is -2.63. The zero-order valence-corrected chi connectivity index (χ0v) is 14.3. The van der Waals surface area contributed by atoms with Gasteiger partial charge in [0.2, 0.25) is 0 Å². The highest BCUT2D eigenvalue weighted by Crippen LogP contribution is 2.46. The van der Waals surface area contributed by atoms with Crippen LogP contribution in [0.4, 0.5) is 4.39 Å². The van der Waals surface area contributed by atoms with Gasteiger partial charge in [-0.1, -0.05) is 54.1 Å². The summed E-state index contributed by atoms with van der Waals surface area (Å²) in [5.74, 6) is -0.573. The summed E-state index contributed by atoms with van der Waals surface area (Å²) >= 11 is 7.58. The summed E-state index contributed by atoms with van der Waals surface area (Å²) < 4.78 is 13.7. The maximum absolute atomic E-state index is 13.2. The maximum atomic E-state index is 13.2. The molecule has 4 aromatic rings. The average Bonchev–Trinajstić information content (AvgIpc) is 2.93. The molecule has 2 aromatic heterocycles. The summed E-state index contributed by atoms with van der Waals surface area (Å²) in [5, 5.41) is 11.3. The molecule has 124 valence electrons. The van der Waals surface area contributed by atoms with Gasteiger partial charge in [0.15, 0.2) is 0 Å². The summed E-state index contributed by atoms with van der Waals surface area (Å²) in [7, 11) is 0. The van der Waals surface area contributed by atoms with Crippen LogP contribution in [0.25, 0.3) is 32.5 Å². The minimum Gasteiger partial charge on any atom is -0.506 e. The summed E-state index contributed by atoms with van der Waals surface area (Å²) in [6.07, 6.45) is 0. The lowest BCUT2D eigenvalue weighted by Gasteiger charge is -2.07. The predicted molar refractivity (Wildman–Crippen MR) is 100.0 cm³/mol. The van der Waals surface area contributed by atoms with E-state index in [1.807, 2.05) is 30.3 Å². The van der Waals surface area contributed by atoms with E-state index in [1.54, 1.807) is 0 Å². The van der Waals surface area contributed by atoms with E-state index < -0.39 is 11.4 Å². The van der Waals surface area contributed by atoms with E-state index >= 15 is 0 Å². The van der Waals surface area contributed by atoms with Crippen molar-refractivity contribution in [3.63, 3.8) is 0 Å². The Morgan fingerprint density at radius 3 is 2.28 bits per heavy atom. The van der Waals surface area contributed by atoms with Crippen molar-refractivity contribution in [2.45, 2.75) is 0 Å². The molecule has 25 heavy (non-hydrogen) atoms. The topological polar surface area (TPSA) is 53.1 Å². The number of benzene rings is 2. The number of halogens is 2. The first-order chi connectivity index (χ1) is 12.1. The normalized spacial score (nSPS) is 11.1. The second-order valence-corrected chi connectivity index (χ2v) is 7.13. The molecule has 2 aromatic carbocycles. The third-order valence-corrected chi connectivity index (χ3v) is 5.30. The first-order valence-corrected chi connectivity index (χ1v) is 8.64. The molecular weight excluding hydrogens is 361 g/mol. The highest BCUT2D eigenvalue weighted by Gasteiger charge is 2.21. The Labute approximate surface area is 151 Å². The zero-order valence-electron chi connectivity index (χ0n) is 12.7. The van der Waals surface area contributed by atoms with Crippen LogP contribution in [0.5, 0.6) is 5.75 Å². The molecule has 0 amide bonds. The molecule has 0 saturated heterocycles. The lowest BCUT2D eigenvalue weighted by atomic mass is 10.0. The van der Waals surface area contributed by atoms with E-state index in [2.05, 4.69) is 4.98 Å². The van der Waals surface area contributed by atoms with Gasteiger partial charge in [-0.15, -0.1) is 11.3 Å². The molecule has 0 bridgehead atoms. The van der Waals surface area contributed by atoms with Crippen molar-refractivity contribution in [1.82, 2.24) is 4.98 Å². The Balaban J connectivity index is 2.07. The molecule has 2 heterocycles. The van der Waals surface area contributed by atoms with Crippen molar-refractivity contribution in [3.8, 4) is 28.0 Å². The molecule has 4 rings (SSSR count). The molecule has 3 nitrogen and oxygen atoms in total. The van der Waals surface area contributed by atoms with E-state index in [0.29, 0.717) is 25.7 Å². The average molecular weight is 372 g/mol. The van der Waals surface area contributed by atoms with Crippen molar-refractivity contribution in [1.29, 1.82) is 0 Å². The van der Waals surface area contributed by atoms with Crippen molar-refractivity contribution in [3.05, 3.63) is 75.1 Å². The number of rotatable bonds is 2. The lowest BCUT2D eigenvalue weighted by molar-refractivity contribution is 0.483. The van der Waals surface area contributed by atoms with Crippen LogP contribution in [0.3, 0.4) is 0 Å². The number of H-pyrrole nitrogens is 1. The van der Waals surface area contributed by atoms with Crippen LogP contribution in [-0.2, 0) is 0 Å². The molecular formula is C19H11ClFNO2S. The van der Waals surface area contributed by atoms with Gasteiger partial charge >= 0.3 is 0 Å². The highest BCUT2D eigenvalue weighted by atomic mass is 35.5. The second kappa shape index (κ2) is 6.02. The lowest BCUT2D eigenvalue weighted by Crippen LogP contribution is -2.08. The summed E-state index contributed by atoms with van der Waals surface area (Å²) in [4.78, 5) is 15.7. The van der Waals surface area contributed by atoms with Crippen LogP contribution in [-0.4, -0.2) is 10.1 Å². The number of pyridine rings is 1. The third kappa shape index (κ3) is 2.62. The zero-order chi connectivity index (χ0) is 17.6. The standard InChI is InChI=1S/C19H11ClFNO2S/c20-17-13(10-4-2-1-3-5-10)15-16(23)14(18(24)22-19(15)25-17)11-6-8-12(21)9-7-11/h1-9H,(H2,22,23,24). The van der Waals surface area contributed by atoms with Crippen molar-refractivity contribution in [2.75, 3.05) is 0 Å². The van der Waals surface area contributed by atoms with Crippen LogP contribution in [0.15, 0.2) is 59.4 Å². The molecule has 6 heteroatoms. The van der Waals surface area contributed by atoms with E-state index in [9.17, 15) is 14.3 Å². The van der Waals surface area contributed by atoms with E-state index in [-0.39, 0.29) is 11.3 Å². The van der Waals surface area contributed by atoms with Gasteiger partial charge in [0.1, 0.15) is 20.7 Å². The maximum Gasteiger partial charge on any atom is 0.260 e. The molecule has 0 aliphatic rings. The fourth-order valence-electron chi connectivity index (χ4n) is 2.86. The van der Waals surface area contributed by atoms with Gasteiger partial charge in [0.25, 0.3) is 5.56 Å². The van der Waals surface area contributed by atoms with Crippen LogP contribution in [0.1, 0.15) is 0 Å². The molecule has 0 aliphatic heterocycles. The van der Waals surface area contributed by atoms with Crippen molar-refractivity contribution < 1.29 is 9.50 Å². The van der Waals surface area contributed by atoms with Crippen LogP contribution in [0.2, 0.25) is 4.34 Å². The van der Waals surface area contributed by atoms with Gasteiger partial charge in [-0.25, -0.2) is 4.39 Å². The predicted octanol–water partition coefficient (Wildman–Crippen LogP) is 5.42. The largest absolute Gasteiger partial charge is 0.506 e. The van der Waals surface area contributed by atoms with Crippen LogP contribution < -0.4 is 5.56 Å². The Morgan fingerprint density at radius 2 is 1.60 bits per heavy atom. The number of aromatic amines is 1. The Morgan fingerprint density at radius 1 is 0.960 bits per heavy atom. The summed E-state index contributed by atoms with van der Waals surface area (Å²) in [5.41, 5.74) is 1.59. The molecule has 0 atom stereocenters. The first kappa shape index (κ1) is 15.9. The van der Waals surface area contributed by atoms with Gasteiger partial charge in [0, 0.05) is 5.56 Å². The minimum atomic E-state index is -0.450. The molecule has 0 aliphatic carbocycles. The van der Waals surface area contributed by atoms with E-state index in [1.165, 1.54) is 35.6 Å². The van der Waals surface area contributed by atoms with Gasteiger partial charge in [0.05, 0.1) is 10.9 Å². The molecule has 0 spiro atoms. The van der Waals surface area contributed by atoms with Crippen LogP contribution in [0, 0.1) is 5.82 Å². The van der Waals surface area contributed by atoms with Gasteiger partial charge in [-0.2, -0.15) is 0 Å². The SMILES string of the molecule is O=c1[nH]c2sc(Cl)c(-c3ccccc3)c2c(O)c1-c1ccc(F)cc1. The second-order valence-electron chi connectivity index (χ2n) is 5.51. The minimum absolute atomic E-state index is 0.0964. The molecule has 0 unspecified atom stereocenters. The summed E-state index contributed by atoms with van der Waals surface area (Å²) in [6.45, 7) is 0. The molecule has 0 fully saturated rings. The van der Waals surface area contributed by atoms with Gasteiger partial charge in [-0.3, -0.25) is 4.79 Å². The molecule has 0 saturated carbocycles. The quantitative estimate of drug-likeness (QED) is 0.494. The monoisotopic (exact) mass is 371 g/mol. The third-order valence-electron chi connectivity index (χ3n) is 3.99. The number of fused-ring (bicyclic) bond motifs is 1. The first-order valence-electron chi connectivity index (χ1n) is 7.45. The number of hydrogen-bond acceptors (Lipinski definition) is 3. The Kier molecular flexibility index (Phi) is 3.82. The number of hydrogen-bond donors (Lipinski definition) is 2. The number of aromatic hydroxyl groups is 1. The van der Waals surface area contributed by atoms with E-state index in [0.717, 1.165) is 5.56 Å². The molecule has 2 N–H and O–H groups in total. The Bertz CT molecular complexity index is 1130. The van der Waals surface area contributed by atoms with Crippen molar-refractivity contribution in [2.24, 2.45) is 0 Å². The molecule has 0 radical (unpaired) electrons.